The number of alkyl carbamates (subject to hydrolysis) is 1. The molecule has 21 nitrogen and oxygen atoms in total. The van der Waals surface area contributed by atoms with Crippen molar-refractivity contribution in [3.63, 3.8) is 0 Å². The summed E-state index contributed by atoms with van der Waals surface area (Å²) in [6.45, 7) is 11.2. The number of nitrogens with zero attached hydrogens (tertiary/aromatic N) is 3. The number of amidine groups is 1. The van der Waals surface area contributed by atoms with Crippen LogP contribution in [0.4, 0.5) is 28.0 Å². The predicted octanol–water partition coefficient (Wildman–Crippen LogP) is 5.35. The number of fused-ring (bicyclic) bond motifs is 1. The van der Waals surface area contributed by atoms with Crippen LogP contribution in [-0.2, 0) is 66.5 Å². The van der Waals surface area contributed by atoms with E-state index in [9.17, 15) is 36.7 Å². The van der Waals surface area contributed by atoms with Gasteiger partial charge in [0.1, 0.15) is 11.9 Å². The lowest BCUT2D eigenvalue weighted by Gasteiger charge is -2.36. The molecule has 1 aliphatic carbocycles. The maximum atomic E-state index is 13.7. The number of likely N-dealkylation sites (tertiary alicyclic amines) is 1. The summed E-state index contributed by atoms with van der Waals surface area (Å²) in [4.78, 5) is 59.9. The van der Waals surface area contributed by atoms with E-state index >= 15 is 0 Å². The second-order valence-corrected chi connectivity index (χ2v) is 19.6. The second kappa shape index (κ2) is 39.2. The minimum atomic E-state index is -1.80. The standard InChI is InChI=1S/C55H77F4N5O16S/c1-2-12-63(13-4-11-61-55(68)79-42-5-3-6-42)54(67)41-34-47-46(62-48(60)35-41)36-43(81-47)8-7-40-38-64(39-40)49(65)9-14-69-16-18-71-20-22-73-24-26-75-28-30-77-32-33-78-31-29-76-27-25-74-23-21-72-19-17-70-15-10-50(66)80-53-51(58)44(56)37-45(57)52(53)59/h34,36-37,40,42H,2-6,9-33,35,38-39H2,1H3,(H2,60,62)(H,61,68). The van der Waals surface area contributed by atoms with E-state index in [2.05, 4.69) is 26.9 Å². The summed E-state index contributed by atoms with van der Waals surface area (Å²) < 4.78 is 118. The van der Waals surface area contributed by atoms with Crippen LogP contribution in [0.3, 0.4) is 0 Å². The summed E-state index contributed by atoms with van der Waals surface area (Å²) in [6, 6.07) is 1.90. The summed E-state index contributed by atoms with van der Waals surface area (Å²) in [5.41, 5.74) is 7.52. The number of ether oxygens (including phenoxy) is 12. The Bertz CT molecular complexity index is 2340. The van der Waals surface area contributed by atoms with Gasteiger partial charge in [0.05, 0.1) is 166 Å². The smallest absolute Gasteiger partial charge is 0.407 e. The molecule has 2 fully saturated rings. The number of hydrogen-bond donors (Lipinski definition) is 2. The molecule has 0 atom stereocenters. The molecule has 0 bridgehead atoms. The Labute approximate surface area is 474 Å². The maximum Gasteiger partial charge on any atom is 0.407 e. The molecule has 0 unspecified atom stereocenters. The number of rotatable bonds is 42. The van der Waals surface area contributed by atoms with Gasteiger partial charge in [-0.1, -0.05) is 18.8 Å². The van der Waals surface area contributed by atoms with E-state index in [1.807, 2.05) is 19.1 Å². The van der Waals surface area contributed by atoms with E-state index in [4.69, 9.17) is 57.8 Å². The van der Waals surface area contributed by atoms with Crippen molar-refractivity contribution in [2.24, 2.45) is 16.6 Å². The Morgan fingerprint density at radius 3 is 1.68 bits per heavy atom. The Balaban J connectivity index is 0.740. The van der Waals surface area contributed by atoms with E-state index in [0.29, 0.717) is 162 Å². The van der Waals surface area contributed by atoms with Gasteiger partial charge in [0.25, 0.3) is 0 Å². The minimum Gasteiger partial charge on any atom is -0.446 e. The third-order valence-electron chi connectivity index (χ3n) is 12.1. The highest BCUT2D eigenvalue weighted by atomic mass is 32.1. The van der Waals surface area contributed by atoms with Gasteiger partial charge >= 0.3 is 12.1 Å². The molecule has 3 heterocycles. The zero-order valence-corrected chi connectivity index (χ0v) is 46.9. The molecule has 2 aliphatic heterocycles. The lowest BCUT2D eigenvalue weighted by Crippen LogP contribution is -2.49. The molecular formula is C55H77F4N5O16S. The zero-order valence-electron chi connectivity index (χ0n) is 46.1. The zero-order chi connectivity index (χ0) is 57.9. The predicted molar refractivity (Wildman–Crippen MR) is 288 cm³/mol. The minimum absolute atomic E-state index is 0.0143. The van der Waals surface area contributed by atoms with E-state index in [1.165, 1.54) is 11.3 Å². The summed E-state index contributed by atoms with van der Waals surface area (Å²) in [5, 5.41) is 2.79. The van der Waals surface area contributed by atoms with Crippen LogP contribution in [0, 0.1) is 41.0 Å². The van der Waals surface area contributed by atoms with Gasteiger partial charge in [-0.05, 0) is 44.2 Å². The summed E-state index contributed by atoms with van der Waals surface area (Å²) >= 11 is 1.46. The Morgan fingerprint density at radius 2 is 1.20 bits per heavy atom. The van der Waals surface area contributed by atoms with Crippen molar-refractivity contribution in [3.05, 3.63) is 50.7 Å². The molecular weight excluding hydrogens is 1090 g/mol. The Morgan fingerprint density at radius 1 is 0.704 bits per heavy atom. The van der Waals surface area contributed by atoms with Gasteiger partial charge in [-0.3, -0.25) is 14.4 Å². The van der Waals surface area contributed by atoms with Crippen molar-refractivity contribution in [3.8, 4) is 17.6 Å². The molecule has 452 valence electrons. The van der Waals surface area contributed by atoms with E-state index in [0.717, 1.165) is 35.4 Å². The van der Waals surface area contributed by atoms with Gasteiger partial charge in [-0.2, -0.15) is 8.78 Å². The number of carbonyl (C=O) groups excluding carboxylic acids is 4. The molecule has 1 aromatic carbocycles. The SMILES string of the molecule is CCCN(CCCNC(=O)OC1CCC1)C(=O)C1=Cc2sc(C#CC3CN(C(=O)CCOCCOCCOCCOCCOCCOCCOCCOCCOCCOCCC(=O)Oc4c(F)c(F)cc(F)c4F)C3)cc2N=C(N)C1. The molecule has 2 aromatic rings. The highest BCUT2D eigenvalue weighted by molar-refractivity contribution is 7.14. The molecule has 3 aliphatic rings. The maximum absolute atomic E-state index is 13.7. The van der Waals surface area contributed by atoms with Crippen molar-refractivity contribution in [2.45, 2.75) is 64.4 Å². The molecule has 0 radical (unpaired) electrons. The Kier molecular flexibility index (Phi) is 32.2. The average Bonchev–Trinajstić information content (AvgIpc) is 3.72. The third kappa shape index (κ3) is 26.2. The van der Waals surface area contributed by atoms with Crippen LogP contribution in [0.15, 0.2) is 22.7 Å². The molecule has 1 saturated heterocycles. The Hall–Kier alpha value is -5.31. The summed E-state index contributed by atoms with van der Waals surface area (Å²) in [6.07, 6.45) is 5.88. The van der Waals surface area contributed by atoms with Gasteiger partial charge in [-0.25, -0.2) is 18.6 Å². The number of thiophene rings is 1. The summed E-state index contributed by atoms with van der Waals surface area (Å²) in [7, 11) is 0. The lowest BCUT2D eigenvalue weighted by molar-refractivity contribution is -0.137. The van der Waals surface area contributed by atoms with Crippen LogP contribution in [0.2, 0.25) is 0 Å². The van der Waals surface area contributed by atoms with E-state index in [-0.39, 0.29) is 69.2 Å². The molecule has 1 saturated carbocycles. The van der Waals surface area contributed by atoms with Crippen molar-refractivity contribution in [1.82, 2.24) is 15.1 Å². The van der Waals surface area contributed by atoms with Crippen LogP contribution in [0.25, 0.3) is 6.08 Å². The number of amides is 3. The first-order valence-electron chi connectivity index (χ1n) is 27.4. The van der Waals surface area contributed by atoms with Gasteiger partial charge in [0.2, 0.25) is 29.2 Å². The van der Waals surface area contributed by atoms with Crippen LogP contribution in [0.1, 0.15) is 68.0 Å². The van der Waals surface area contributed by atoms with Gasteiger partial charge in [0.15, 0.2) is 11.6 Å². The topological polar surface area (TPSA) is 236 Å². The van der Waals surface area contributed by atoms with Crippen LogP contribution in [-0.4, -0.2) is 210 Å². The number of nitrogens with two attached hydrogens (primary N) is 1. The van der Waals surface area contributed by atoms with Crippen molar-refractivity contribution in [2.75, 3.05) is 165 Å². The van der Waals surface area contributed by atoms with E-state index in [1.54, 1.807) is 9.80 Å². The number of esters is 1. The lowest BCUT2D eigenvalue weighted by atomic mass is 9.96. The molecule has 5 rings (SSSR count). The highest BCUT2D eigenvalue weighted by Crippen LogP contribution is 2.35. The van der Waals surface area contributed by atoms with Crippen molar-refractivity contribution < 1.29 is 93.6 Å². The number of nitrogens with one attached hydrogen (secondary N) is 1. The molecule has 81 heavy (non-hydrogen) atoms. The fraction of sp³-hybridized carbons (Fsp3) is 0.655. The largest absolute Gasteiger partial charge is 0.446 e. The molecule has 3 N–H and O–H groups in total. The molecule has 0 spiro atoms. The molecule has 3 amide bonds. The van der Waals surface area contributed by atoms with Crippen molar-refractivity contribution in [1.29, 1.82) is 0 Å². The number of halogens is 4. The number of aliphatic imine (C=N–C) groups is 1. The number of benzene rings is 1. The van der Waals surface area contributed by atoms with E-state index < -0.39 is 47.5 Å². The van der Waals surface area contributed by atoms with Crippen molar-refractivity contribution >= 4 is 52.8 Å². The third-order valence-corrected chi connectivity index (χ3v) is 13.1. The highest BCUT2D eigenvalue weighted by Gasteiger charge is 2.29. The quantitative estimate of drug-likeness (QED) is 0.0213. The molecule has 26 heteroatoms. The van der Waals surface area contributed by atoms with Crippen LogP contribution >= 0.6 is 11.3 Å². The number of hydrogen-bond acceptors (Lipinski definition) is 19. The van der Waals surface area contributed by atoms with Gasteiger partial charge < -0.3 is 77.7 Å². The van der Waals surface area contributed by atoms with Gasteiger partial charge in [-0.15, -0.1) is 11.3 Å². The first kappa shape index (κ1) is 66.5. The number of carbonyl (C=O) groups is 4. The fourth-order valence-electron chi connectivity index (χ4n) is 7.62. The van der Waals surface area contributed by atoms with Gasteiger partial charge in [0, 0.05) is 50.8 Å². The molecule has 1 aromatic heterocycles. The first-order chi connectivity index (χ1) is 39.4. The average molecular weight is 1170 g/mol. The normalized spacial score (nSPS) is 14.2. The van der Waals surface area contributed by atoms with Crippen LogP contribution < -0.4 is 15.8 Å². The fourth-order valence-corrected chi connectivity index (χ4v) is 8.55. The second-order valence-electron chi connectivity index (χ2n) is 18.5. The van der Waals surface area contributed by atoms with Crippen LogP contribution in [0.5, 0.6) is 5.75 Å². The monoisotopic (exact) mass is 1170 g/mol. The first-order valence-corrected chi connectivity index (χ1v) is 28.2. The summed E-state index contributed by atoms with van der Waals surface area (Å²) in [5.74, 6) is -2.70.